The fourth-order valence-electron chi connectivity index (χ4n) is 6.02. The lowest BCUT2D eigenvalue weighted by Crippen LogP contribution is -2.43. The molecule has 5 rings (SSSR count). The molecule has 32 heavy (non-hydrogen) atoms. The molecule has 166 valence electrons. The summed E-state index contributed by atoms with van der Waals surface area (Å²) in [6.45, 7) is 12.4. The van der Waals surface area contributed by atoms with Crippen molar-refractivity contribution in [2.45, 2.75) is 59.8 Å². The van der Waals surface area contributed by atoms with Gasteiger partial charge in [0, 0.05) is 13.1 Å². The van der Waals surface area contributed by atoms with Gasteiger partial charge in [-0.25, -0.2) is 4.98 Å². The largest absolute Gasteiger partial charge is 0.356 e. The van der Waals surface area contributed by atoms with Crippen molar-refractivity contribution in [3.05, 3.63) is 86.5 Å². The lowest BCUT2D eigenvalue weighted by atomic mass is 9.70. The van der Waals surface area contributed by atoms with Crippen LogP contribution in [0.5, 0.6) is 0 Å². The summed E-state index contributed by atoms with van der Waals surface area (Å²) < 4.78 is 1.78. The van der Waals surface area contributed by atoms with Crippen LogP contribution in [0.3, 0.4) is 0 Å². The Morgan fingerprint density at radius 3 is 2.38 bits per heavy atom. The lowest BCUT2D eigenvalue weighted by molar-refractivity contribution is 0.194. The minimum Gasteiger partial charge on any atom is -0.356 e. The maximum atomic E-state index is 13.5. The average molecular weight is 428 g/mol. The van der Waals surface area contributed by atoms with Crippen LogP contribution in [0.1, 0.15) is 59.3 Å². The molecule has 0 bridgehead atoms. The first kappa shape index (κ1) is 21.0. The van der Waals surface area contributed by atoms with Crippen LogP contribution in [0.2, 0.25) is 0 Å². The summed E-state index contributed by atoms with van der Waals surface area (Å²) in [4.78, 5) is 20.8. The Labute approximate surface area is 190 Å². The molecule has 1 saturated heterocycles. The van der Waals surface area contributed by atoms with Crippen molar-refractivity contribution >= 4 is 5.82 Å². The number of benzene rings is 2. The molecule has 0 amide bonds. The summed E-state index contributed by atoms with van der Waals surface area (Å²) in [5.41, 5.74) is 7.43. The molecule has 2 aromatic carbocycles. The molecule has 1 spiro atoms. The number of aromatic nitrogens is 2. The van der Waals surface area contributed by atoms with E-state index in [1.807, 2.05) is 26.0 Å². The normalized spacial score (nSPS) is 19.4. The molecule has 1 aliphatic heterocycles. The fraction of sp³-hybridized carbons (Fsp3) is 0.429. The molecule has 4 nitrogen and oxygen atoms in total. The Bertz CT molecular complexity index is 1250. The maximum Gasteiger partial charge on any atom is 0.263 e. The van der Waals surface area contributed by atoms with Gasteiger partial charge in [0.1, 0.15) is 11.6 Å². The molecule has 1 aromatic heterocycles. The summed E-state index contributed by atoms with van der Waals surface area (Å²) >= 11 is 0. The highest BCUT2D eigenvalue weighted by molar-refractivity contribution is 5.51. The number of nitrogens with zero attached hydrogens (tertiary/aromatic N) is 3. The minimum atomic E-state index is 0.0446. The number of hydrogen-bond donors (Lipinski definition) is 0. The van der Waals surface area contributed by atoms with Gasteiger partial charge in [-0.05, 0) is 86.6 Å². The Morgan fingerprint density at radius 2 is 1.66 bits per heavy atom. The van der Waals surface area contributed by atoms with Crippen LogP contribution in [-0.2, 0) is 6.42 Å². The summed E-state index contributed by atoms with van der Waals surface area (Å²) in [6.07, 6.45) is 3.46. The quantitative estimate of drug-likeness (QED) is 0.549. The smallest absolute Gasteiger partial charge is 0.263 e. The zero-order chi connectivity index (χ0) is 22.6. The number of hydrogen-bond acceptors (Lipinski definition) is 3. The van der Waals surface area contributed by atoms with Crippen molar-refractivity contribution in [1.29, 1.82) is 0 Å². The summed E-state index contributed by atoms with van der Waals surface area (Å²) in [5.74, 6) is 2.22. The molecule has 2 heterocycles. The van der Waals surface area contributed by atoms with E-state index in [-0.39, 0.29) is 5.56 Å². The molecule has 1 fully saturated rings. The zero-order valence-corrected chi connectivity index (χ0v) is 19.9. The molecule has 0 saturated carbocycles. The summed E-state index contributed by atoms with van der Waals surface area (Å²) in [7, 11) is 0. The van der Waals surface area contributed by atoms with Gasteiger partial charge >= 0.3 is 0 Å². The van der Waals surface area contributed by atoms with E-state index in [2.05, 4.69) is 56.0 Å². The summed E-state index contributed by atoms with van der Waals surface area (Å²) in [5, 5.41) is 0. The van der Waals surface area contributed by atoms with Crippen LogP contribution < -0.4 is 10.5 Å². The Balaban J connectivity index is 1.44. The second-order valence-corrected chi connectivity index (χ2v) is 9.91. The zero-order valence-electron chi connectivity index (χ0n) is 19.9. The van der Waals surface area contributed by atoms with Crippen molar-refractivity contribution < 1.29 is 0 Å². The van der Waals surface area contributed by atoms with Gasteiger partial charge < -0.3 is 4.90 Å². The third kappa shape index (κ3) is 3.11. The Kier molecular flexibility index (Phi) is 4.99. The minimum absolute atomic E-state index is 0.0446. The highest BCUT2D eigenvalue weighted by Crippen LogP contribution is 2.53. The van der Waals surface area contributed by atoms with Gasteiger partial charge in [0.25, 0.3) is 5.56 Å². The molecule has 2 aliphatic rings. The topological polar surface area (TPSA) is 38.1 Å². The van der Waals surface area contributed by atoms with Crippen LogP contribution in [0.25, 0.3) is 5.69 Å². The van der Waals surface area contributed by atoms with E-state index in [9.17, 15) is 4.79 Å². The van der Waals surface area contributed by atoms with Gasteiger partial charge in [-0.3, -0.25) is 9.36 Å². The first-order valence-electron chi connectivity index (χ1n) is 11.8. The fourth-order valence-corrected chi connectivity index (χ4v) is 6.02. The first-order valence-corrected chi connectivity index (χ1v) is 11.8. The van der Waals surface area contributed by atoms with Crippen molar-refractivity contribution in [1.82, 2.24) is 9.55 Å². The van der Waals surface area contributed by atoms with Crippen LogP contribution >= 0.6 is 0 Å². The number of rotatable bonds is 2. The van der Waals surface area contributed by atoms with Gasteiger partial charge in [-0.2, -0.15) is 0 Å². The molecular weight excluding hydrogens is 394 g/mol. The van der Waals surface area contributed by atoms with Gasteiger partial charge in [0.15, 0.2) is 0 Å². The Morgan fingerprint density at radius 1 is 0.938 bits per heavy atom. The summed E-state index contributed by atoms with van der Waals surface area (Å²) in [6, 6.07) is 15.1. The maximum absolute atomic E-state index is 13.5. The van der Waals surface area contributed by atoms with Crippen molar-refractivity contribution in [2.75, 3.05) is 18.0 Å². The molecule has 3 aromatic rings. The second kappa shape index (κ2) is 7.61. The van der Waals surface area contributed by atoms with Crippen LogP contribution in [0, 0.1) is 33.1 Å². The van der Waals surface area contributed by atoms with E-state index in [0.717, 1.165) is 54.4 Å². The number of anilines is 1. The van der Waals surface area contributed by atoms with Crippen LogP contribution in [0.15, 0.2) is 47.3 Å². The van der Waals surface area contributed by atoms with Crippen LogP contribution in [-0.4, -0.2) is 22.6 Å². The second-order valence-electron chi connectivity index (χ2n) is 9.91. The van der Waals surface area contributed by atoms with Crippen molar-refractivity contribution in [3.8, 4) is 5.69 Å². The predicted octanol–water partition coefficient (Wildman–Crippen LogP) is 5.41. The van der Waals surface area contributed by atoms with E-state index in [1.165, 1.54) is 23.1 Å². The van der Waals surface area contributed by atoms with Crippen LogP contribution in [0.4, 0.5) is 5.82 Å². The molecule has 1 aliphatic carbocycles. The lowest BCUT2D eigenvalue weighted by Gasteiger charge is -2.43. The highest BCUT2D eigenvalue weighted by atomic mass is 16.1. The molecule has 0 radical (unpaired) electrons. The molecular formula is C28H33N3O. The van der Waals surface area contributed by atoms with E-state index in [1.54, 1.807) is 4.57 Å². The van der Waals surface area contributed by atoms with Gasteiger partial charge in [0.05, 0.1) is 11.3 Å². The van der Waals surface area contributed by atoms with E-state index in [0.29, 0.717) is 11.3 Å². The average Bonchev–Trinajstić information content (AvgIpc) is 3.06. The van der Waals surface area contributed by atoms with E-state index >= 15 is 0 Å². The molecule has 4 heteroatoms. The van der Waals surface area contributed by atoms with Crippen molar-refractivity contribution in [3.63, 3.8) is 0 Å². The standard InChI is InChI=1S/C28H33N3O/c1-18-9-8-12-25(19(18)2)31-22(5)29-26(20(3)27(31)32)30-15-13-28(14-16-30)17-23-10-6-7-11-24(23)21(28)4/h6-12,21H,13-17H2,1-5H3/t21-/m1/s1. The van der Waals surface area contributed by atoms with E-state index < -0.39 is 0 Å². The predicted molar refractivity (Wildman–Crippen MR) is 131 cm³/mol. The van der Waals surface area contributed by atoms with Crippen molar-refractivity contribution in [2.24, 2.45) is 5.41 Å². The first-order chi connectivity index (χ1) is 15.3. The number of aryl methyl sites for hydroxylation is 2. The molecule has 0 N–H and O–H groups in total. The molecule has 1 atom stereocenters. The third-order valence-corrected chi connectivity index (χ3v) is 8.31. The SMILES string of the molecule is Cc1cccc(-n2c(C)nc(N3CCC4(CC3)Cc3ccccc3[C@H]4C)c(C)c2=O)c1C. The molecule has 0 unspecified atom stereocenters. The van der Waals surface area contributed by atoms with E-state index in [4.69, 9.17) is 4.98 Å². The third-order valence-electron chi connectivity index (χ3n) is 8.31. The number of fused-ring (bicyclic) bond motifs is 1. The van der Waals surface area contributed by atoms with Gasteiger partial charge in [-0.15, -0.1) is 0 Å². The van der Waals surface area contributed by atoms with Gasteiger partial charge in [-0.1, -0.05) is 43.3 Å². The van der Waals surface area contributed by atoms with Gasteiger partial charge in [0.2, 0.25) is 0 Å². The highest BCUT2D eigenvalue weighted by Gasteiger charge is 2.45. The Hall–Kier alpha value is -2.88. The monoisotopic (exact) mass is 427 g/mol. The number of piperidine rings is 1.